The molecule has 1 saturated carbocycles. The topological polar surface area (TPSA) is 26.3 Å². The average molecular weight is 363 g/mol. The van der Waals surface area contributed by atoms with Crippen LogP contribution in [0.4, 0.5) is 8.78 Å². The molecule has 1 aromatic carbocycles. The first-order valence-corrected chi connectivity index (χ1v) is 8.01. The van der Waals surface area contributed by atoms with Gasteiger partial charge in [0.15, 0.2) is 0 Å². The summed E-state index contributed by atoms with van der Waals surface area (Å²) < 4.78 is 32.9. The van der Waals surface area contributed by atoms with Gasteiger partial charge in [-0.15, -0.1) is 0 Å². The van der Waals surface area contributed by atoms with Gasteiger partial charge in [0.25, 0.3) is 0 Å². The number of benzene rings is 1. The van der Waals surface area contributed by atoms with Gasteiger partial charge in [-0.05, 0) is 25.2 Å². The molecule has 0 radical (unpaired) electrons. The number of ether oxygens (including phenoxy) is 1. The number of carbonyl (C=O) groups is 1. The Labute approximate surface area is 144 Å². The minimum atomic E-state index is -0.891. The Kier molecular flexibility index (Phi) is 5.07. The lowest BCUT2D eigenvalue weighted by Gasteiger charge is -2.12. The lowest BCUT2D eigenvalue weighted by molar-refractivity contribution is -0.147. The number of halogens is 4. The van der Waals surface area contributed by atoms with E-state index >= 15 is 0 Å². The highest BCUT2D eigenvalue weighted by Gasteiger charge is 2.61. The van der Waals surface area contributed by atoms with Crippen molar-refractivity contribution in [2.24, 2.45) is 17.3 Å². The molecule has 2 rings (SSSR count). The Morgan fingerprint density at radius 1 is 1.26 bits per heavy atom. The Hall–Kier alpha value is -1.13. The van der Waals surface area contributed by atoms with Crippen molar-refractivity contribution < 1.29 is 18.3 Å². The van der Waals surface area contributed by atoms with E-state index < -0.39 is 17.6 Å². The number of hydrogen-bond acceptors (Lipinski definition) is 2. The fraction of sp³-hybridized carbons (Fsp3) is 0.471. The largest absolute Gasteiger partial charge is 0.460 e. The number of allylic oxidation sites excluding steroid dienone is 2. The fourth-order valence-electron chi connectivity index (χ4n) is 2.84. The number of hydrogen-bond donors (Lipinski definition) is 0. The third kappa shape index (κ3) is 3.11. The third-order valence-electron chi connectivity index (χ3n) is 4.50. The molecule has 0 unspecified atom stereocenters. The maximum Gasteiger partial charge on any atom is 0.310 e. The molecule has 0 aromatic heterocycles. The van der Waals surface area contributed by atoms with Crippen molar-refractivity contribution in [3.63, 3.8) is 0 Å². The van der Waals surface area contributed by atoms with Gasteiger partial charge in [-0.3, -0.25) is 4.79 Å². The van der Waals surface area contributed by atoms with Gasteiger partial charge in [0.2, 0.25) is 0 Å². The first-order valence-electron chi connectivity index (χ1n) is 7.25. The molecule has 1 aliphatic rings. The molecule has 126 valence electrons. The van der Waals surface area contributed by atoms with Gasteiger partial charge in [0.1, 0.15) is 18.2 Å². The van der Waals surface area contributed by atoms with Gasteiger partial charge in [0, 0.05) is 11.1 Å². The molecule has 0 aliphatic heterocycles. The lowest BCUT2D eigenvalue weighted by atomic mass is 10.1. The van der Waals surface area contributed by atoms with Crippen molar-refractivity contribution >= 4 is 29.2 Å². The fourth-order valence-corrected chi connectivity index (χ4v) is 3.47. The van der Waals surface area contributed by atoms with Crippen LogP contribution in [-0.2, 0) is 16.1 Å². The van der Waals surface area contributed by atoms with E-state index in [1.165, 1.54) is 6.92 Å². The summed E-state index contributed by atoms with van der Waals surface area (Å²) in [6, 6.07) is 0. The Balaban J connectivity index is 2.15. The van der Waals surface area contributed by atoms with Crippen molar-refractivity contribution in [2.75, 3.05) is 0 Å². The van der Waals surface area contributed by atoms with Crippen LogP contribution in [-0.4, -0.2) is 5.97 Å². The quantitative estimate of drug-likeness (QED) is 0.403. The van der Waals surface area contributed by atoms with Crippen LogP contribution in [0.5, 0.6) is 0 Å². The van der Waals surface area contributed by atoms with Crippen LogP contribution in [0.1, 0.15) is 31.9 Å². The monoisotopic (exact) mass is 362 g/mol. The molecule has 0 bridgehead atoms. The van der Waals surface area contributed by atoms with Gasteiger partial charge in [-0.25, -0.2) is 8.78 Å². The summed E-state index contributed by atoms with van der Waals surface area (Å²) in [5, 5.41) is -0.636. The van der Waals surface area contributed by atoms with E-state index in [0.29, 0.717) is 0 Å². The second-order valence-corrected chi connectivity index (χ2v) is 7.07. The molecule has 0 amide bonds. The van der Waals surface area contributed by atoms with Crippen LogP contribution in [0.15, 0.2) is 12.2 Å². The minimum absolute atomic E-state index is 0.0525. The summed E-state index contributed by atoms with van der Waals surface area (Å²) in [5.74, 6) is -2.39. The van der Waals surface area contributed by atoms with Crippen LogP contribution in [0.2, 0.25) is 10.0 Å². The molecule has 2 nitrogen and oxygen atoms in total. The zero-order chi connectivity index (χ0) is 17.5. The zero-order valence-corrected chi connectivity index (χ0v) is 14.9. The molecule has 6 heteroatoms. The third-order valence-corrected chi connectivity index (χ3v) is 5.29. The Morgan fingerprint density at radius 2 is 1.78 bits per heavy atom. The molecular formula is C17H18Cl2F2O2. The summed E-state index contributed by atoms with van der Waals surface area (Å²) in [5.41, 5.74) is -0.504. The van der Waals surface area contributed by atoms with Gasteiger partial charge >= 0.3 is 5.97 Å². The van der Waals surface area contributed by atoms with Crippen molar-refractivity contribution in [3.8, 4) is 0 Å². The molecule has 1 aromatic rings. The van der Waals surface area contributed by atoms with Gasteiger partial charge in [-0.1, -0.05) is 49.2 Å². The molecule has 0 saturated heterocycles. The van der Waals surface area contributed by atoms with E-state index in [9.17, 15) is 13.6 Å². The van der Waals surface area contributed by atoms with Gasteiger partial charge in [0.05, 0.1) is 16.0 Å². The molecular weight excluding hydrogens is 345 g/mol. The summed E-state index contributed by atoms with van der Waals surface area (Å²) >= 11 is 11.7. The van der Waals surface area contributed by atoms with Crippen molar-refractivity contribution in [1.82, 2.24) is 0 Å². The second kappa shape index (κ2) is 6.40. The van der Waals surface area contributed by atoms with Gasteiger partial charge in [-0.2, -0.15) is 0 Å². The molecule has 1 aliphatic carbocycles. The van der Waals surface area contributed by atoms with Crippen LogP contribution >= 0.6 is 23.2 Å². The van der Waals surface area contributed by atoms with Crippen molar-refractivity contribution in [1.29, 1.82) is 0 Å². The Morgan fingerprint density at radius 3 is 2.26 bits per heavy atom. The molecule has 0 N–H and O–H groups in total. The van der Waals surface area contributed by atoms with Crippen LogP contribution in [0.3, 0.4) is 0 Å². The Bertz CT molecular complexity index is 655. The molecule has 0 heterocycles. The molecule has 2 atom stereocenters. The normalized spacial score (nSPS) is 22.4. The van der Waals surface area contributed by atoms with Crippen molar-refractivity contribution in [3.05, 3.63) is 45.0 Å². The van der Waals surface area contributed by atoms with Gasteiger partial charge < -0.3 is 4.74 Å². The summed E-state index contributed by atoms with van der Waals surface area (Å²) in [4.78, 5) is 12.2. The van der Waals surface area contributed by atoms with E-state index in [2.05, 4.69) is 0 Å². The SMILES string of the molecule is C/C=C\[C@@H]1[C@@H](C(=O)OCc2c(Cl)c(F)c(C)c(F)c2Cl)C1(C)C. The number of esters is 1. The highest BCUT2D eigenvalue weighted by atomic mass is 35.5. The van der Waals surface area contributed by atoms with Crippen LogP contribution in [0.25, 0.3) is 0 Å². The van der Waals surface area contributed by atoms with Crippen molar-refractivity contribution in [2.45, 2.75) is 34.3 Å². The number of carbonyl (C=O) groups excluding carboxylic acids is 1. The first kappa shape index (κ1) is 18.2. The van der Waals surface area contributed by atoms with Crippen LogP contribution in [0, 0.1) is 35.8 Å². The van der Waals surface area contributed by atoms with E-state index in [1.807, 2.05) is 32.9 Å². The maximum absolute atomic E-state index is 13.8. The standard InChI is InChI=1S/C17H18Cl2F2O2/c1-5-6-10-11(17(10,3)4)16(22)23-7-9-12(18)14(20)8(2)15(21)13(9)19/h5-6,10-11H,7H2,1-4H3/b6-5-/t10-,11+/m1/s1. The molecule has 0 spiro atoms. The predicted molar refractivity (Wildman–Crippen MR) is 86.5 cm³/mol. The average Bonchev–Trinajstić information content (AvgIpc) is 3.04. The summed E-state index contributed by atoms with van der Waals surface area (Å²) in [6.45, 7) is 6.70. The van der Waals surface area contributed by atoms with E-state index in [-0.39, 0.29) is 45.0 Å². The van der Waals surface area contributed by atoms with E-state index in [4.69, 9.17) is 27.9 Å². The summed E-state index contributed by atoms with van der Waals surface area (Å²) in [7, 11) is 0. The first-order chi connectivity index (χ1) is 10.6. The second-order valence-electron chi connectivity index (χ2n) is 6.32. The molecule has 23 heavy (non-hydrogen) atoms. The smallest absolute Gasteiger partial charge is 0.310 e. The van der Waals surface area contributed by atoms with E-state index in [0.717, 1.165) is 0 Å². The predicted octanol–water partition coefficient (Wildman–Crippen LogP) is 5.47. The highest BCUT2D eigenvalue weighted by Crippen LogP contribution is 2.59. The summed E-state index contributed by atoms with van der Waals surface area (Å²) in [6.07, 6.45) is 3.84. The zero-order valence-electron chi connectivity index (χ0n) is 13.3. The minimum Gasteiger partial charge on any atom is -0.460 e. The molecule has 1 fully saturated rings. The van der Waals surface area contributed by atoms with E-state index in [1.54, 1.807) is 0 Å². The van der Waals surface area contributed by atoms with Crippen LogP contribution < -0.4 is 0 Å². The highest BCUT2D eigenvalue weighted by molar-refractivity contribution is 6.36. The number of rotatable bonds is 4. The maximum atomic E-state index is 13.8. The lowest BCUT2D eigenvalue weighted by Crippen LogP contribution is -2.12.